The Labute approximate surface area is 138 Å². The largest absolute Gasteiger partial charge is 0.353 e. The van der Waals surface area contributed by atoms with Crippen molar-refractivity contribution >= 4 is 15.9 Å². The summed E-state index contributed by atoms with van der Waals surface area (Å²) in [6.07, 6.45) is 3.39. The summed E-state index contributed by atoms with van der Waals surface area (Å²) >= 11 is 0. The summed E-state index contributed by atoms with van der Waals surface area (Å²) in [6, 6.07) is 7.71. The third-order valence-corrected chi connectivity index (χ3v) is 6.57. The molecule has 126 valence electrons. The van der Waals surface area contributed by atoms with Crippen LogP contribution >= 0.6 is 0 Å². The van der Waals surface area contributed by atoms with Gasteiger partial charge in [-0.2, -0.15) is 0 Å². The van der Waals surface area contributed by atoms with Crippen LogP contribution in [0.1, 0.15) is 36.8 Å². The minimum atomic E-state index is -3.29. The van der Waals surface area contributed by atoms with Gasteiger partial charge in [0, 0.05) is 25.0 Å². The van der Waals surface area contributed by atoms with E-state index in [9.17, 15) is 13.2 Å². The van der Waals surface area contributed by atoms with Gasteiger partial charge in [-0.1, -0.05) is 24.3 Å². The molecule has 3 rings (SSSR count). The van der Waals surface area contributed by atoms with E-state index in [1.54, 1.807) is 4.31 Å². The lowest BCUT2D eigenvalue weighted by molar-refractivity contribution is -0.123. The lowest BCUT2D eigenvalue weighted by Crippen LogP contribution is -2.47. The normalized spacial score (nSPS) is 20.4. The van der Waals surface area contributed by atoms with E-state index < -0.39 is 10.0 Å². The minimum absolute atomic E-state index is 0.0543. The molecule has 0 spiro atoms. The molecule has 5 nitrogen and oxygen atoms in total. The predicted molar refractivity (Wildman–Crippen MR) is 89.3 cm³/mol. The highest BCUT2D eigenvalue weighted by Gasteiger charge is 2.33. The molecule has 1 aromatic carbocycles. The lowest BCUT2D eigenvalue weighted by Gasteiger charge is -2.31. The van der Waals surface area contributed by atoms with Crippen molar-refractivity contribution in [1.82, 2.24) is 9.62 Å². The zero-order valence-corrected chi connectivity index (χ0v) is 14.3. The Balaban J connectivity index is 1.55. The van der Waals surface area contributed by atoms with E-state index in [0.717, 1.165) is 24.0 Å². The number of hydrogen-bond acceptors (Lipinski definition) is 3. The first-order chi connectivity index (χ1) is 11.0. The highest BCUT2D eigenvalue weighted by Crippen LogP contribution is 2.29. The number of benzene rings is 1. The number of nitrogens with zero attached hydrogens (tertiary/aromatic N) is 1. The second-order valence-corrected chi connectivity index (χ2v) is 8.61. The Morgan fingerprint density at radius 1 is 1.17 bits per heavy atom. The van der Waals surface area contributed by atoms with E-state index in [-0.39, 0.29) is 23.6 Å². The average molecular weight is 336 g/mol. The van der Waals surface area contributed by atoms with Crippen LogP contribution < -0.4 is 5.32 Å². The van der Waals surface area contributed by atoms with Crippen molar-refractivity contribution in [2.24, 2.45) is 5.92 Å². The summed E-state index contributed by atoms with van der Waals surface area (Å²) in [5, 5.41) is 3.05. The molecule has 1 heterocycles. The van der Waals surface area contributed by atoms with Gasteiger partial charge < -0.3 is 5.32 Å². The van der Waals surface area contributed by atoms with E-state index in [0.29, 0.717) is 25.9 Å². The fraction of sp³-hybridized carbons (Fsp3) is 0.588. The monoisotopic (exact) mass is 336 g/mol. The first kappa shape index (κ1) is 16.5. The SMILES string of the molecule is Cc1ccccc1CS(=O)(=O)N1CCC(NC(=O)C2CC2)CC1. The Kier molecular flexibility index (Phi) is 4.73. The Hall–Kier alpha value is -1.40. The van der Waals surface area contributed by atoms with Crippen LogP contribution in [0.4, 0.5) is 0 Å². The Morgan fingerprint density at radius 3 is 2.43 bits per heavy atom. The molecule has 0 atom stereocenters. The summed E-state index contributed by atoms with van der Waals surface area (Å²) in [6.45, 7) is 2.91. The van der Waals surface area contributed by atoms with Gasteiger partial charge in [0.25, 0.3) is 0 Å². The highest BCUT2D eigenvalue weighted by molar-refractivity contribution is 7.88. The molecule has 6 heteroatoms. The number of hydrogen-bond donors (Lipinski definition) is 1. The van der Waals surface area contributed by atoms with Crippen LogP contribution in [0.15, 0.2) is 24.3 Å². The molecule has 2 aliphatic rings. The van der Waals surface area contributed by atoms with Crippen LogP contribution in [0.5, 0.6) is 0 Å². The smallest absolute Gasteiger partial charge is 0.223 e. The van der Waals surface area contributed by atoms with Gasteiger partial charge in [-0.3, -0.25) is 4.79 Å². The van der Waals surface area contributed by atoms with E-state index in [1.807, 2.05) is 31.2 Å². The minimum Gasteiger partial charge on any atom is -0.353 e. The van der Waals surface area contributed by atoms with Crippen LogP contribution in [-0.4, -0.2) is 37.8 Å². The maximum Gasteiger partial charge on any atom is 0.223 e. The molecule has 1 saturated heterocycles. The zero-order valence-electron chi connectivity index (χ0n) is 13.5. The molecule has 23 heavy (non-hydrogen) atoms. The third kappa shape index (κ3) is 4.12. The van der Waals surface area contributed by atoms with Gasteiger partial charge in [-0.25, -0.2) is 12.7 Å². The molecule has 2 fully saturated rings. The molecule has 0 unspecified atom stereocenters. The number of carbonyl (C=O) groups is 1. The number of sulfonamides is 1. The summed E-state index contributed by atoms with van der Waals surface area (Å²) < 4.78 is 26.8. The maximum absolute atomic E-state index is 12.6. The molecular weight excluding hydrogens is 312 g/mol. The van der Waals surface area contributed by atoms with E-state index >= 15 is 0 Å². The molecular formula is C17H24N2O3S. The molecule has 0 bridgehead atoms. The molecule has 1 N–H and O–H groups in total. The second kappa shape index (κ2) is 6.61. The molecule has 0 radical (unpaired) electrons. The van der Waals surface area contributed by atoms with Crippen LogP contribution in [0.25, 0.3) is 0 Å². The Bertz CT molecular complexity index is 675. The fourth-order valence-electron chi connectivity index (χ4n) is 3.00. The summed E-state index contributed by atoms with van der Waals surface area (Å²) in [4.78, 5) is 11.8. The number of aryl methyl sites for hydroxylation is 1. The predicted octanol–water partition coefficient (Wildman–Crippen LogP) is 1.82. The molecule has 1 aromatic rings. The molecule has 1 saturated carbocycles. The van der Waals surface area contributed by atoms with Gasteiger partial charge in [-0.15, -0.1) is 0 Å². The molecule has 1 amide bonds. The lowest BCUT2D eigenvalue weighted by atomic mass is 10.1. The van der Waals surface area contributed by atoms with Gasteiger partial charge in [0.05, 0.1) is 5.75 Å². The van der Waals surface area contributed by atoms with E-state index in [4.69, 9.17) is 0 Å². The number of rotatable bonds is 5. The van der Waals surface area contributed by atoms with Crippen LogP contribution in [0.2, 0.25) is 0 Å². The van der Waals surface area contributed by atoms with Crippen molar-refractivity contribution in [1.29, 1.82) is 0 Å². The second-order valence-electron chi connectivity index (χ2n) is 6.64. The molecule has 1 aliphatic carbocycles. The van der Waals surface area contributed by atoms with Gasteiger partial charge in [0.2, 0.25) is 15.9 Å². The van der Waals surface area contributed by atoms with Gasteiger partial charge >= 0.3 is 0 Å². The van der Waals surface area contributed by atoms with Gasteiger partial charge in [0.15, 0.2) is 0 Å². The first-order valence-electron chi connectivity index (χ1n) is 8.28. The number of carbonyl (C=O) groups excluding carboxylic acids is 1. The fourth-order valence-corrected chi connectivity index (χ4v) is 4.67. The highest BCUT2D eigenvalue weighted by atomic mass is 32.2. The average Bonchev–Trinajstić information content (AvgIpc) is 3.35. The van der Waals surface area contributed by atoms with Crippen molar-refractivity contribution in [3.63, 3.8) is 0 Å². The van der Waals surface area contributed by atoms with Crippen molar-refractivity contribution in [2.45, 2.75) is 44.4 Å². The first-order valence-corrected chi connectivity index (χ1v) is 9.89. The number of piperidine rings is 1. The van der Waals surface area contributed by atoms with Gasteiger partial charge in [0.1, 0.15) is 0 Å². The number of nitrogens with one attached hydrogen (secondary N) is 1. The third-order valence-electron chi connectivity index (χ3n) is 4.74. The van der Waals surface area contributed by atoms with Gasteiger partial charge in [-0.05, 0) is 43.7 Å². The van der Waals surface area contributed by atoms with Crippen molar-refractivity contribution in [3.8, 4) is 0 Å². The van der Waals surface area contributed by atoms with Crippen LogP contribution in [0.3, 0.4) is 0 Å². The summed E-state index contributed by atoms with van der Waals surface area (Å²) in [5.41, 5.74) is 1.86. The Morgan fingerprint density at radius 2 is 1.83 bits per heavy atom. The zero-order chi connectivity index (χ0) is 16.4. The standard InChI is InChI=1S/C17H24N2O3S/c1-13-4-2-3-5-15(13)12-23(21,22)19-10-8-16(9-11-19)18-17(20)14-6-7-14/h2-5,14,16H,6-12H2,1H3,(H,18,20). The summed E-state index contributed by atoms with van der Waals surface area (Å²) in [5.74, 6) is 0.405. The summed E-state index contributed by atoms with van der Waals surface area (Å²) in [7, 11) is -3.29. The van der Waals surface area contributed by atoms with Crippen LogP contribution in [-0.2, 0) is 20.6 Å². The van der Waals surface area contributed by atoms with Crippen molar-refractivity contribution < 1.29 is 13.2 Å². The van der Waals surface area contributed by atoms with E-state index in [1.165, 1.54) is 0 Å². The quantitative estimate of drug-likeness (QED) is 0.892. The van der Waals surface area contributed by atoms with E-state index in [2.05, 4.69) is 5.32 Å². The number of amides is 1. The topological polar surface area (TPSA) is 66.5 Å². The molecule has 1 aliphatic heterocycles. The van der Waals surface area contributed by atoms with Crippen molar-refractivity contribution in [3.05, 3.63) is 35.4 Å². The molecule has 0 aromatic heterocycles. The van der Waals surface area contributed by atoms with Crippen LogP contribution in [0, 0.1) is 12.8 Å². The maximum atomic E-state index is 12.6. The van der Waals surface area contributed by atoms with Crippen molar-refractivity contribution in [2.75, 3.05) is 13.1 Å².